The third kappa shape index (κ3) is 9.10. The van der Waals surface area contributed by atoms with Crippen molar-refractivity contribution in [1.82, 2.24) is 10.6 Å². The summed E-state index contributed by atoms with van der Waals surface area (Å²) in [6, 6.07) is 0. The lowest BCUT2D eigenvalue weighted by Gasteiger charge is -2.07. The Hall–Kier alpha value is -0.810. The quantitative estimate of drug-likeness (QED) is 0.289. The summed E-state index contributed by atoms with van der Waals surface area (Å²) in [6.45, 7) is 6.36. The highest BCUT2D eigenvalue weighted by Gasteiger charge is 1.90. The lowest BCUT2D eigenvalue weighted by Crippen LogP contribution is -2.35. The van der Waals surface area contributed by atoms with E-state index in [9.17, 15) is 0 Å². The standard InChI is InChI=1S/C8H18N3O2/c1-3-12-6-7-13-5-4-11-8(9)10-2/h1,3-7H2,2H3,(H3,9,10,11). The van der Waals surface area contributed by atoms with Crippen molar-refractivity contribution in [2.45, 2.75) is 0 Å². The Balaban J connectivity index is 2.95. The summed E-state index contributed by atoms with van der Waals surface area (Å²) in [5.74, 6) is 0.303. The molecule has 0 spiro atoms. The maximum atomic E-state index is 7.17. The Bertz CT molecular complexity index is 131. The topological polar surface area (TPSA) is 66.4 Å². The average molecular weight is 188 g/mol. The summed E-state index contributed by atoms with van der Waals surface area (Å²) in [6.07, 6.45) is 0. The molecule has 0 atom stereocenters. The van der Waals surface area contributed by atoms with E-state index in [4.69, 9.17) is 14.9 Å². The van der Waals surface area contributed by atoms with E-state index in [0.717, 1.165) is 0 Å². The van der Waals surface area contributed by atoms with Crippen LogP contribution < -0.4 is 10.6 Å². The van der Waals surface area contributed by atoms with Gasteiger partial charge < -0.3 is 20.1 Å². The average Bonchev–Trinajstić information content (AvgIpc) is 2.16. The molecule has 0 unspecified atom stereocenters. The van der Waals surface area contributed by atoms with Gasteiger partial charge in [-0.2, -0.15) is 0 Å². The van der Waals surface area contributed by atoms with Crippen molar-refractivity contribution in [2.24, 2.45) is 0 Å². The first-order chi connectivity index (χ1) is 6.31. The van der Waals surface area contributed by atoms with E-state index in [-0.39, 0.29) is 0 Å². The first-order valence-corrected chi connectivity index (χ1v) is 4.26. The molecule has 0 saturated carbocycles. The molecule has 13 heavy (non-hydrogen) atoms. The fraction of sp³-hybridized carbons (Fsp3) is 0.750. The third-order valence-corrected chi connectivity index (χ3v) is 1.31. The predicted molar refractivity (Wildman–Crippen MR) is 51.8 cm³/mol. The fourth-order valence-corrected chi connectivity index (χ4v) is 0.659. The molecular weight excluding hydrogens is 170 g/mol. The summed E-state index contributed by atoms with van der Waals surface area (Å²) in [7, 11) is 1.69. The van der Waals surface area contributed by atoms with Crippen LogP contribution in [0.25, 0.3) is 0 Å². The monoisotopic (exact) mass is 188 g/mol. The van der Waals surface area contributed by atoms with Gasteiger partial charge in [0.15, 0.2) is 5.96 Å². The van der Waals surface area contributed by atoms with E-state index >= 15 is 0 Å². The van der Waals surface area contributed by atoms with Crippen molar-refractivity contribution in [3.63, 3.8) is 0 Å². The van der Waals surface area contributed by atoms with E-state index in [2.05, 4.69) is 17.6 Å². The summed E-state index contributed by atoms with van der Waals surface area (Å²) in [5, 5.41) is 12.7. The molecule has 1 radical (unpaired) electrons. The van der Waals surface area contributed by atoms with Gasteiger partial charge in [-0.15, -0.1) is 0 Å². The van der Waals surface area contributed by atoms with Crippen LogP contribution in [0.3, 0.4) is 0 Å². The molecule has 0 bridgehead atoms. The molecule has 0 fully saturated rings. The number of hydrogen-bond acceptors (Lipinski definition) is 3. The van der Waals surface area contributed by atoms with Gasteiger partial charge in [0.05, 0.1) is 19.8 Å². The molecule has 77 valence electrons. The Morgan fingerprint density at radius 3 is 2.62 bits per heavy atom. The molecule has 0 aromatic heterocycles. The van der Waals surface area contributed by atoms with Crippen molar-refractivity contribution in [1.29, 1.82) is 5.41 Å². The Morgan fingerprint density at radius 1 is 1.31 bits per heavy atom. The van der Waals surface area contributed by atoms with Gasteiger partial charge in [-0.25, -0.2) is 0 Å². The number of ether oxygens (including phenoxy) is 2. The SMILES string of the molecule is [CH2]COCCOCCNC(=N)NC. The van der Waals surface area contributed by atoms with Crippen LogP contribution >= 0.6 is 0 Å². The van der Waals surface area contributed by atoms with Gasteiger partial charge in [-0.05, 0) is 6.92 Å². The molecule has 0 aromatic carbocycles. The van der Waals surface area contributed by atoms with Crippen molar-refractivity contribution in [3.8, 4) is 0 Å². The van der Waals surface area contributed by atoms with Gasteiger partial charge in [0.2, 0.25) is 0 Å². The van der Waals surface area contributed by atoms with Crippen LogP contribution in [0.2, 0.25) is 0 Å². The minimum absolute atomic E-state index is 0.303. The summed E-state index contributed by atoms with van der Waals surface area (Å²) >= 11 is 0. The molecular formula is C8H18N3O2. The highest BCUT2D eigenvalue weighted by Crippen LogP contribution is 1.76. The predicted octanol–water partition coefficient (Wildman–Crippen LogP) is -0.403. The van der Waals surface area contributed by atoms with E-state index < -0.39 is 0 Å². The summed E-state index contributed by atoms with van der Waals surface area (Å²) in [5.41, 5.74) is 0. The molecule has 0 aliphatic carbocycles. The number of nitrogens with one attached hydrogen (secondary N) is 3. The fourth-order valence-electron chi connectivity index (χ4n) is 0.659. The van der Waals surface area contributed by atoms with Crippen molar-refractivity contribution in [3.05, 3.63) is 6.92 Å². The van der Waals surface area contributed by atoms with Gasteiger partial charge >= 0.3 is 0 Å². The minimum atomic E-state index is 0.303. The second kappa shape index (κ2) is 9.28. The first-order valence-electron chi connectivity index (χ1n) is 4.26. The molecule has 0 amide bonds. The molecule has 3 N–H and O–H groups in total. The van der Waals surface area contributed by atoms with Crippen LogP contribution in [0.5, 0.6) is 0 Å². The number of hydrogen-bond donors (Lipinski definition) is 3. The number of rotatable bonds is 7. The lowest BCUT2D eigenvalue weighted by molar-refractivity contribution is 0.0602. The van der Waals surface area contributed by atoms with Gasteiger partial charge in [-0.1, -0.05) is 0 Å². The maximum Gasteiger partial charge on any atom is 0.188 e. The van der Waals surface area contributed by atoms with Crippen LogP contribution in [0.1, 0.15) is 0 Å². The second-order valence-corrected chi connectivity index (χ2v) is 2.28. The minimum Gasteiger partial charge on any atom is -0.379 e. The largest absolute Gasteiger partial charge is 0.379 e. The molecule has 0 aliphatic heterocycles. The zero-order valence-corrected chi connectivity index (χ0v) is 8.06. The molecule has 5 nitrogen and oxygen atoms in total. The van der Waals surface area contributed by atoms with Crippen molar-refractivity contribution < 1.29 is 9.47 Å². The molecule has 0 aromatic rings. The third-order valence-electron chi connectivity index (χ3n) is 1.31. The van der Waals surface area contributed by atoms with Gasteiger partial charge in [-0.3, -0.25) is 5.41 Å². The van der Waals surface area contributed by atoms with E-state index in [0.29, 0.717) is 38.9 Å². The molecule has 0 aliphatic rings. The molecule has 0 rings (SSSR count). The van der Waals surface area contributed by atoms with E-state index in [1.54, 1.807) is 7.05 Å². The van der Waals surface area contributed by atoms with Crippen LogP contribution in [-0.4, -0.2) is 46.0 Å². The Labute approximate surface area is 79.3 Å². The zero-order chi connectivity index (χ0) is 9.94. The van der Waals surface area contributed by atoms with Crippen LogP contribution in [0.15, 0.2) is 0 Å². The summed E-state index contributed by atoms with van der Waals surface area (Å²) < 4.78 is 10.2. The van der Waals surface area contributed by atoms with Crippen LogP contribution in [-0.2, 0) is 9.47 Å². The van der Waals surface area contributed by atoms with E-state index in [1.807, 2.05) is 0 Å². The maximum absolute atomic E-state index is 7.17. The second-order valence-electron chi connectivity index (χ2n) is 2.28. The van der Waals surface area contributed by atoms with Gasteiger partial charge in [0, 0.05) is 20.2 Å². The van der Waals surface area contributed by atoms with Gasteiger partial charge in [0.25, 0.3) is 0 Å². The number of guanidine groups is 1. The molecule has 5 heteroatoms. The Kier molecular flexibility index (Phi) is 8.70. The van der Waals surface area contributed by atoms with Gasteiger partial charge in [0.1, 0.15) is 0 Å². The van der Waals surface area contributed by atoms with Crippen LogP contribution in [0, 0.1) is 12.3 Å². The van der Waals surface area contributed by atoms with Crippen LogP contribution in [0.4, 0.5) is 0 Å². The molecule has 0 saturated heterocycles. The zero-order valence-electron chi connectivity index (χ0n) is 8.06. The van der Waals surface area contributed by atoms with Crippen molar-refractivity contribution in [2.75, 3.05) is 40.0 Å². The highest BCUT2D eigenvalue weighted by atomic mass is 16.5. The molecule has 0 heterocycles. The first kappa shape index (κ1) is 12.2. The smallest absolute Gasteiger partial charge is 0.188 e. The Morgan fingerprint density at radius 2 is 2.00 bits per heavy atom. The highest BCUT2D eigenvalue weighted by molar-refractivity contribution is 5.75. The summed E-state index contributed by atoms with van der Waals surface area (Å²) in [4.78, 5) is 0. The van der Waals surface area contributed by atoms with E-state index in [1.165, 1.54) is 0 Å². The van der Waals surface area contributed by atoms with Crippen molar-refractivity contribution >= 4 is 5.96 Å². The normalized spacial score (nSPS) is 9.69. The lowest BCUT2D eigenvalue weighted by atomic mass is 10.6.